The molecule has 0 aliphatic carbocycles. The Morgan fingerprint density at radius 2 is 1.95 bits per heavy atom. The van der Waals surface area contributed by atoms with Crippen molar-refractivity contribution in [2.45, 2.75) is 46.2 Å². The minimum atomic E-state index is -0.575. The number of nitro benzene ring substituents is 1. The zero-order valence-electron chi connectivity index (χ0n) is 11.6. The first-order chi connectivity index (χ1) is 8.88. The number of halogens is 1. The second-order valence-electron chi connectivity index (χ2n) is 5.33. The molecule has 0 heterocycles. The minimum Gasteiger partial charge on any atom is -0.310 e. The van der Waals surface area contributed by atoms with Crippen molar-refractivity contribution in [2.24, 2.45) is 5.92 Å². The van der Waals surface area contributed by atoms with Crippen LogP contribution in [-0.2, 0) is 6.54 Å². The first kappa shape index (κ1) is 15.6. The zero-order chi connectivity index (χ0) is 14.4. The third kappa shape index (κ3) is 5.79. The van der Waals surface area contributed by atoms with Crippen molar-refractivity contribution >= 4 is 5.69 Å². The highest BCUT2D eigenvalue weighted by Gasteiger charge is 2.10. The Kier molecular flexibility index (Phi) is 5.89. The lowest BCUT2D eigenvalue weighted by Gasteiger charge is -2.15. The van der Waals surface area contributed by atoms with Crippen molar-refractivity contribution in [3.8, 4) is 0 Å². The van der Waals surface area contributed by atoms with Gasteiger partial charge in [-0.25, -0.2) is 4.39 Å². The maximum Gasteiger partial charge on any atom is 0.272 e. The van der Waals surface area contributed by atoms with E-state index in [9.17, 15) is 14.5 Å². The summed E-state index contributed by atoms with van der Waals surface area (Å²) in [4.78, 5) is 10.1. The van der Waals surface area contributed by atoms with E-state index in [1.54, 1.807) is 0 Å². The summed E-state index contributed by atoms with van der Waals surface area (Å²) in [7, 11) is 0. The van der Waals surface area contributed by atoms with Crippen molar-refractivity contribution < 1.29 is 9.31 Å². The van der Waals surface area contributed by atoms with Crippen LogP contribution in [0.1, 0.15) is 39.2 Å². The zero-order valence-corrected chi connectivity index (χ0v) is 11.6. The summed E-state index contributed by atoms with van der Waals surface area (Å²) in [5, 5.41) is 13.9. The van der Waals surface area contributed by atoms with E-state index in [1.807, 2.05) is 0 Å². The Balaban J connectivity index is 2.55. The SMILES string of the molecule is CC(C)CCC(C)NCc1cc(F)cc([N+](=O)[O-])c1. The van der Waals surface area contributed by atoms with Crippen LogP contribution in [0.25, 0.3) is 0 Å². The van der Waals surface area contributed by atoms with Gasteiger partial charge in [-0.2, -0.15) is 0 Å². The third-order valence-corrected chi connectivity index (χ3v) is 2.98. The number of non-ortho nitro benzene ring substituents is 1. The van der Waals surface area contributed by atoms with Gasteiger partial charge in [0.25, 0.3) is 5.69 Å². The monoisotopic (exact) mass is 268 g/mol. The second kappa shape index (κ2) is 7.19. The summed E-state index contributed by atoms with van der Waals surface area (Å²) in [6.45, 7) is 6.85. The van der Waals surface area contributed by atoms with Gasteiger partial charge in [-0.1, -0.05) is 13.8 Å². The summed E-state index contributed by atoms with van der Waals surface area (Å²) in [5.41, 5.74) is 0.398. The molecule has 0 saturated heterocycles. The van der Waals surface area contributed by atoms with E-state index < -0.39 is 10.7 Å². The molecule has 4 nitrogen and oxygen atoms in total. The summed E-state index contributed by atoms with van der Waals surface area (Å²) in [6, 6.07) is 3.98. The third-order valence-electron chi connectivity index (χ3n) is 2.98. The Bertz CT molecular complexity index is 435. The average molecular weight is 268 g/mol. The Morgan fingerprint density at radius 3 is 2.53 bits per heavy atom. The van der Waals surface area contributed by atoms with Crippen LogP contribution in [0, 0.1) is 21.8 Å². The van der Waals surface area contributed by atoms with Crippen LogP contribution >= 0.6 is 0 Å². The van der Waals surface area contributed by atoms with Gasteiger partial charge >= 0.3 is 0 Å². The smallest absolute Gasteiger partial charge is 0.272 e. The lowest BCUT2D eigenvalue weighted by atomic mass is 10.0. The van der Waals surface area contributed by atoms with Gasteiger partial charge in [0.15, 0.2) is 0 Å². The molecule has 0 spiro atoms. The van der Waals surface area contributed by atoms with E-state index in [4.69, 9.17) is 0 Å². The van der Waals surface area contributed by atoms with Gasteiger partial charge in [0.2, 0.25) is 0 Å². The van der Waals surface area contributed by atoms with Gasteiger partial charge in [0, 0.05) is 18.7 Å². The molecule has 0 aliphatic heterocycles. The van der Waals surface area contributed by atoms with Crippen LogP contribution in [0.3, 0.4) is 0 Å². The number of hydrogen-bond donors (Lipinski definition) is 1. The summed E-state index contributed by atoms with van der Waals surface area (Å²) in [5.74, 6) is 0.0836. The van der Waals surface area contributed by atoms with E-state index in [-0.39, 0.29) is 5.69 Å². The van der Waals surface area contributed by atoms with Crippen LogP contribution in [0.2, 0.25) is 0 Å². The van der Waals surface area contributed by atoms with E-state index in [0.717, 1.165) is 18.9 Å². The van der Waals surface area contributed by atoms with Crippen LogP contribution < -0.4 is 5.32 Å². The van der Waals surface area contributed by atoms with Gasteiger partial charge in [-0.05, 0) is 37.3 Å². The first-order valence-corrected chi connectivity index (χ1v) is 6.55. The lowest BCUT2D eigenvalue weighted by molar-refractivity contribution is -0.385. The predicted molar refractivity (Wildman–Crippen MR) is 73.4 cm³/mol. The summed E-state index contributed by atoms with van der Waals surface area (Å²) < 4.78 is 13.2. The molecule has 106 valence electrons. The lowest BCUT2D eigenvalue weighted by Crippen LogP contribution is -2.25. The highest BCUT2D eigenvalue weighted by atomic mass is 19.1. The summed E-state index contributed by atoms with van der Waals surface area (Å²) >= 11 is 0. The number of hydrogen-bond acceptors (Lipinski definition) is 3. The van der Waals surface area contributed by atoms with Crippen molar-refractivity contribution in [1.82, 2.24) is 5.32 Å². The molecule has 0 radical (unpaired) electrons. The normalized spacial score (nSPS) is 12.7. The first-order valence-electron chi connectivity index (χ1n) is 6.55. The molecule has 1 rings (SSSR count). The largest absolute Gasteiger partial charge is 0.310 e. The minimum absolute atomic E-state index is 0.202. The molecule has 1 aromatic rings. The van der Waals surface area contributed by atoms with Gasteiger partial charge in [-0.15, -0.1) is 0 Å². The molecular weight excluding hydrogens is 247 g/mol. The molecule has 0 amide bonds. The maximum absolute atomic E-state index is 13.2. The molecule has 0 aliphatic rings. The molecule has 19 heavy (non-hydrogen) atoms. The van der Waals surface area contributed by atoms with Crippen molar-refractivity contribution in [2.75, 3.05) is 0 Å². The molecule has 1 unspecified atom stereocenters. The quantitative estimate of drug-likeness (QED) is 0.606. The fourth-order valence-electron chi connectivity index (χ4n) is 1.82. The number of nitro groups is 1. The van der Waals surface area contributed by atoms with Crippen molar-refractivity contribution in [3.63, 3.8) is 0 Å². The number of benzene rings is 1. The molecule has 0 saturated carbocycles. The van der Waals surface area contributed by atoms with Gasteiger partial charge in [0.05, 0.1) is 11.0 Å². The molecular formula is C14H21FN2O2. The summed E-state index contributed by atoms with van der Waals surface area (Å²) in [6.07, 6.45) is 2.16. The molecule has 1 aromatic carbocycles. The molecule has 1 atom stereocenters. The molecule has 5 heteroatoms. The predicted octanol–water partition coefficient (Wildman–Crippen LogP) is 3.65. The Morgan fingerprint density at radius 1 is 1.26 bits per heavy atom. The molecule has 0 aromatic heterocycles. The van der Waals surface area contributed by atoms with E-state index in [0.29, 0.717) is 24.1 Å². The molecule has 0 fully saturated rings. The van der Waals surface area contributed by atoms with E-state index in [2.05, 4.69) is 26.1 Å². The maximum atomic E-state index is 13.2. The van der Waals surface area contributed by atoms with E-state index in [1.165, 1.54) is 12.1 Å². The van der Waals surface area contributed by atoms with Crippen LogP contribution in [0.15, 0.2) is 18.2 Å². The topological polar surface area (TPSA) is 55.2 Å². The molecule has 1 N–H and O–H groups in total. The Labute approximate surface area is 113 Å². The van der Waals surface area contributed by atoms with E-state index >= 15 is 0 Å². The molecule has 0 bridgehead atoms. The highest BCUT2D eigenvalue weighted by Crippen LogP contribution is 2.16. The fourth-order valence-corrected chi connectivity index (χ4v) is 1.82. The standard InChI is InChI=1S/C14H21FN2O2/c1-10(2)4-5-11(3)16-9-12-6-13(15)8-14(7-12)17(18)19/h6-8,10-11,16H,4-5,9H2,1-3H3. The number of rotatable bonds is 7. The Hall–Kier alpha value is -1.49. The average Bonchev–Trinajstić information content (AvgIpc) is 2.33. The highest BCUT2D eigenvalue weighted by molar-refractivity contribution is 5.35. The number of nitrogens with zero attached hydrogens (tertiary/aromatic N) is 1. The van der Waals surface area contributed by atoms with Crippen LogP contribution in [-0.4, -0.2) is 11.0 Å². The number of nitrogens with one attached hydrogen (secondary N) is 1. The van der Waals surface area contributed by atoms with Crippen molar-refractivity contribution in [1.29, 1.82) is 0 Å². The van der Waals surface area contributed by atoms with Gasteiger partial charge in [-0.3, -0.25) is 10.1 Å². The second-order valence-corrected chi connectivity index (χ2v) is 5.33. The van der Waals surface area contributed by atoms with Crippen LogP contribution in [0.4, 0.5) is 10.1 Å². The fraction of sp³-hybridized carbons (Fsp3) is 0.571. The van der Waals surface area contributed by atoms with Gasteiger partial charge in [0.1, 0.15) is 5.82 Å². The van der Waals surface area contributed by atoms with Gasteiger partial charge < -0.3 is 5.32 Å². The van der Waals surface area contributed by atoms with Crippen molar-refractivity contribution in [3.05, 3.63) is 39.7 Å². The van der Waals surface area contributed by atoms with Crippen LogP contribution in [0.5, 0.6) is 0 Å².